The second-order valence-corrected chi connectivity index (χ2v) is 6.13. The number of halogens is 1. The highest BCUT2D eigenvalue weighted by Crippen LogP contribution is 2.31. The number of thiocarbonyl (C=S) groups is 1. The summed E-state index contributed by atoms with van der Waals surface area (Å²) in [5.41, 5.74) is 0.782. The Labute approximate surface area is 159 Å². The molecule has 0 aromatic heterocycles. The third-order valence-electron chi connectivity index (χ3n) is 3.71. The number of hydrogen-bond acceptors (Lipinski definition) is 5. The number of nitrogens with zero attached hydrogens (tertiary/aromatic N) is 1. The average molecular weight is 389 g/mol. The Hall–Kier alpha value is -2.90. The molecule has 26 heavy (non-hydrogen) atoms. The number of carbonyl (C=O) groups is 2. The lowest BCUT2D eigenvalue weighted by molar-refractivity contribution is -0.122. The summed E-state index contributed by atoms with van der Waals surface area (Å²) in [4.78, 5) is 26.4. The second-order valence-electron chi connectivity index (χ2n) is 5.34. The highest BCUT2D eigenvalue weighted by molar-refractivity contribution is 7.80. The molecule has 6 nitrogen and oxygen atoms in total. The van der Waals surface area contributed by atoms with Gasteiger partial charge in [-0.1, -0.05) is 29.8 Å². The van der Waals surface area contributed by atoms with Crippen molar-refractivity contribution >= 4 is 52.5 Å². The lowest BCUT2D eigenvalue weighted by Crippen LogP contribution is -2.54. The van der Waals surface area contributed by atoms with Gasteiger partial charge in [0.15, 0.2) is 5.11 Å². The van der Waals surface area contributed by atoms with Crippen LogP contribution in [0.5, 0.6) is 11.5 Å². The van der Waals surface area contributed by atoms with Crippen LogP contribution >= 0.6 is 23.8 Å². The van der Waals surface area contributed by atoms with Gasteiger partial charge in [0.2, 0.25) is 0 Å². The number of hydrogen-bond donors (Lipinski definition) is 2. The lowest BCUT2D eigenvalue weighted by atomic mass is 10.1. The molecule has 0 radical (unpaired) electrons. The first kappa shape index (κ1) is 17.9. The molecule has 8 heteroatoms. The maximum Gasteiger partial charge on any atom is 0.270 e. The van der Waals surface area contributed by atoms with E-state index < -0.39 is 11.8 Å². The van der Waals surface area contributed by atoms with E-state index in [1.807, 2.05) is 0 Å². The third kappa shape index (κ3) is 3.26. The third-order valence-corrected chi connectivity index (χ3v) is 4.30. The number of rotatable bonds is 3. The topological polar surface area (TPSA) is 78.9 Å². The SMILES string of the molecule is COc1ccccc1N1C(=O)C(=Cc2ccc(O)c(Cl)c2)C(=O)NC1=S. The van der Waals surface area contributed by atoms with Crippen LogP contribution in [-0.2, 0) is 9.59 Å². The Kier molecular flexibility index (Phi) is 4.92. The van der Waals surface area contributed by atoms with E-state index in [0.717, 1.165) is 0 Å². The van der Waals surface area contributed by atoms with Gasteiger partial charge < -0.3 is 9.84 Å². The molecule has 2 N–H and O–H groups in total. The first-order valence-corrected chi connectivity index (χ1v) is 8.24. The van der Waals surface area contributed by atoms with Crippen LogP contribution < -0.4 is 15.0 Å². The Morgan fingerprint density at radius 2 is 1.96 bits per heavy atom. The number of benzene rings is 2. The highest BCUT2D eigenvalue weighted by atomic mass is 35.5. The van der Waals surface area contributed by atoms with Crippen LogP contribution in [-0.4, -0.2) is 29.1 Å². The number of phenolic OH excluding ortho intramolecular Hbond substituents is 1. The number of carbonyl (C=O) groups excluding carboxylic acids is 2. The first-order chi connectivity index (χ1) is 12.4. The van der Waals surface area contributed by atoms with Gasteiger partial charge in [0, 0.05) is 0 Å². The van der Waals surface area contributed by atoms with E-state index in [1.54, 1.807) is 24.3 Å². The molecular formula is C18H13ClN2O4S. The van der Waals surface area contributed by atoms with Crippen molar-refractivity contribution in [1.82, 2.24) is 5.32 Å². The Bertz CT molecular complexity index is 958. The first-order valence-electron chi connectivity index (χ1n) is 7.45. The summed E-state index contributed by atoms with van der Waals surface area (Å²) < 4.78 is 5.27. The molecule has 2 aromatic carbocycles. The van der Waals surface area contributed by atoms with Gasteiger partial charge in [-0.25, -0.2) is 4.90 Å². The summed E-state index contributed by atoms with van der Waals surface area (Å²) >= 11 is 11.0. The predicted molar refractivity (Wildman–Crippen MR) is 102 cm³/mol. The normalized spacial score (nSPS) is 16.0. The van der Waals surface area contributed by atoms with Crippen molar-refractivity contribution in [2.24, 2.45) is 0 Å². The van der Waals surface area contributed by atoms with Gasteiger partial charge >= 0.3 is 0 Å². The van der Waals surface area contributed by atoms with Crippen molar-refractivity contribution in [3.63, 3.8) is 0 Å². The van der Waals surface area contributed by atoms with Crippen molar-refractivity contribution in [2.75, 3.05) is 12.0 Å². The van der Waals surface area contributed by atoms with Crippen LogP contribution in [0.3, 0.4) is 0 Å². The van der Waals surface area contributed by atoms with Crippen molar-refractivity contribution in [1.29, 1.82) is 0 Å². The molecule has 0 saturated carbocycles. The average Bonchev–Trinajstić information content (AvgIpc) is 2.62. The standard InChI is InChI=1S/C18H13ClN2O4S/c1-25-15-5-3-2-4-13(15)21-17(24)11(16(23)20-18(21)26)8-10-6-7-14(22)12(19)9-10/h2-9,22H,1H3,(H,20,23,26). The van der Waals surface area contributed by atoms with Crippen LogP contribution in [0, 0.1) is 0 Å². The van der Waals surface area contributed by atoms with Crippen molar-refractivity contribution < 1.29 is 19.4 Å². The number of nitrogens with one attached hydrogen (secondary N) is 1. The molecule has 132 valence electrons. The zero-order valence-electron chi connectivity index (χ0n) is 13.5. The minimum Gasteiger partial charge on any atom is -0.506 e. The molecule has 0 bridgehead atoms. The predicted octanol–water partition coefficient (Wildman–Crippen LogP) is 2.89. The van der Waals surface area contributed by atoms with Gasteiger partial charge in [0.05, 0.1) is 17.8 Å². The minimum absolute atomic E-state index is 0.0367. The number of aromatic hydroxyl groups is 1. The Morgan fingerprint density at radius 1 is 1.23 bits per heavy atom. The number of ether oxygens (including phenoxy) is 1. The fourth-order valence-electron chi connectivity index (χ4n) is 2.47. The van der Waals surface area contributed by atoms with Gasteiger partial charge in [-0.15, -0.1) is 0 Å². The highest BCUT2D eigenvalue weighted by Gasteiger charge is 2.35. The molecule has 0 atom stereocenters. The van der Waals surface area contributed by atoms with Crippen LogP contribution in [0.25, 0.3) is 6.08 Å². The number of amides is 2. The molecule has 0 spiro atoms. The fraction of sp³-hybridized carbons (Fsp3) is 0.0556. The Morgan fingerprint density at radius 3 is 2.65 bits per heavy atom. The molecule has 0 aliphatic carbocycles. The van der Waals surface area contributed by atoms with Gasteiger partial charge in [-0.05, 0) is 48.1 Å². The van der Waals surface area contributed by atoms with Crippen LogP contribution in [0.4, 0.5) is 5.69 Å². The van der Waals surface area contributed by atoms with Gasteiger partial charge in [-0.3, -0.25) is 14.9 Å². The van der Waals surface area contributed by atoms with Crippen molar-refractivity contribution in [3.8, 4) is 11.5 Å². The maximum atomic E-state index is 12.9. The van der Waals surface area contributed by atoms with Crippen molar-refractivity contribution in [2.45, 2.75) is 0 Å². The lowest BCUT2D eigenvalue weighted by Gasteiger charge is -2.29. The zero-order chi connectivity index (χ0) is 18.8. The van der Waals surface area contributed by atoms with E-state index in [1.165, 1.54) is 36.3 Å². The van der Waals surface area contributed by atoms with Crippen LogP contribution in [0.15, 0.2) is 48.0 Å². The summed E-state index contributed by atoms with van der Waals surface area (Å²) in [6.07, 6.45) is 1.38. The molecule has 1 aliphatic heterocycles. The van der Waals surface area contributed by atoms with E-state index in [0.29, 0.717) is 17.0 Å². The van der Waals surface area contributed by atoms with E-state index in [4.69, 9.17) is 28.6 Å². The van der Waals surface area contributed by atoms with E-state index in [9.17, 15) is 14.7 Å². The molecular weight excluding hydrogens is 376 g/mol. The largest absolute Gasteiger partial charge is 0.506 e. The van der Waals surface area contributed by atoms with E-state index in [-0.39, 0.29) is 21.5 Å². The quantitative estimate of drug-likeness (QED) is 0.480. The molecule has 1 aliphatic rings. The monoisotopic (exact) mass is 388 g/mol. The number of anilines is 1. The minimum atomic E-state index is -0.615. The van der Waals surface area contributed by atoms with Crippen molar-refractivity contribution in [3.05, 3.63) is 58.6 Å². The molecule has 1 heterocycles. The van der Waals surface area contributed by atoms with E-state index >= 15 is 0 Å². The van der Waals surface area contributed by atoms with Crippen LogP contribution in [0.1, 0.15) is 5.56 Å². The summed E-state index contributed by atoms with van der Waals surface area (Å²) in [5.74, 6) is -0.862. The second kappa shape index (κ2) is 7.15. The Balaban J connectivity index is 2.05. The van der Waals surface area contributed by atoms with Gasteiger partial charge in [0.1, 0.15) is 17.1 Å². The number of methoxy groups -OCH3 is 1. The maximum absolute atomic E-state index is 12.9. The van der Waals surface area contributed by atoms with Gasteiger partial charge in [0.25, 0.3) is 11.8 Å². The van der Waals surface area contributed by atoms with Gasteiger partial charge in [-0.2, -0.15) is 0 Å². The fourth-order valence-corrected chi connectivity index (χ4v) is 2.93. The van der Waals surface area contributed by atoms with Crippen LogP contribution in [0.2, 0.25) is 5.02 Å². The number of phenols is 1. The smallest absolute Gasteiger partial charge is 0.270 e. The summed E-state index contributed by atoms with van der Waals surface area (Å²) in [7, 11) is 1.48. The van der Waals surface area contributed by atoms with E-state index in [2.05, 4.69) is 5.32 Å². The molecule has 2 aromatic rings. The zero-order valence-corrected chi connectivity index (χ0v) is 15.1. The molecule has 3 rings (SSSR count). The summed E-state index contributed by atoms with van der Waals surface area (Å²) in [6, 6.07) is 11.2. The summed E-state index contributed by atoms with van der Waals surface area (Å²) in [6.45, 7) is 0. The number of para-hydroxylation sites is 2. The molecule has 1 fully saturated rings. The summed E-state index contributed by atoms with van der Waals surface area (Å²) in [5, 5.41) is 12.1. The molecule has 0 unspecified atom stereocenters. The molecule has 1 saturated heterocycles. The molecule has 2 amide bonds.